The van der Waals surface area contributed by atoms with Gasteiger partial charge in [0.15, 0.2) is 0 Å². The van der Waals surface area contributed by atoms with Crippen molar-refractivity contribution in [2.24, 2.45) is 0 Å². The van der Waals surface area contributed by atoms with Crippen LogP contribution in [0.5, 0.6) is 0 Å². The SMILES string of the molecule is Cc1nnsc1C(=O)N1CCC[C@H](c2nccn2Cc2cccnc2)C1. The molecule has 7 nitrogen and oxygen atoms in total. The zero-order valence-corrected chi connectivity index (χ0v) is 15.4. The maximum Gasteiger partial charge on any atom is 0.267 e. The van der Waals surface area contributed by atoms with Crippen LogP contribution in [0.25, 0.3) is 0 Å². The summed E-state index contributed by atoms with van der Waals surface area (Å²) in [6.07, 6.45) is 9.50. The number of likely N-dealkylation sites (tertiary alicyclic amines) is 1. The second kappa shape index (κ2) is 7.33. The predicted octanol–water partition coefficient (Wildman–Crippen LogP) is 2.51. The van der Waals surface area contributed by atoms with Gasteiger partial charge in [0.1, 0.15) is 10.7 Å². The normalized spacial score (nSPS) is 17.4. The molecule has 4 heterocycles. The van der Waals surface area contributed by atoms with Gasteiger partial charge in [-0.15, -0.1) is 5.10 Å². The summed E-state index contributed by atoms with van der Waals surface area (Å²) in [6.45, 7) is 4.03. The van der Waals surface area contributed by atoms with E-state index >= 15 is 0 Å². The van der Waals surface area contributed by atoms with E-state index in [9.17, 15) is 4.79 Å². The highest BCUT2D eigenvalue weighted by atomic mass is 32.1. The molecule has 0 aromatic carbocycles. The number of carbonyl (C=O) groups is 1. The Morgan fingerprint density at radius 3 is 3.08 bits per heavy atom. The number of aromatic nitrogens is 5. The van der Waals surface area contributed by atoms with E-state index in [-0.39, 0.29) is 11.8 Å². The van der Waals surface area contributed by atoms with Gasteiger partial charge in [-0.1, -0.05) is 10.6 Å². The highest BCUT2D eigenvalue weighted by molar-refractivity contribution is 7.07. The van der Waals surface area contributed by atoms with Gasteiger partial charge in [-0.3, -0.25) is 9.78 Å². The molecule has 1 saturated heterocycles. The molecule has 0 bridgehead atoms. The standard InChI is InChI=1S/C18H20N6OS/c1-13-16(26-22-21-13)18(25)24-8-3-5-15(12-24)17-20-7-9-23(17)11-14-4-2-6-19-10-14/h2,4,6-7,9-10,15H,3,5,8,11-12H2,1H3/t15-/m0/s1. The summed E-state index contributed by atoms with van der Waals surface area (Å²) in [5.74, 6) is 1.30. The van der Waals surface area contributed by atoms with E-state index in [4.69, 9.17) is 0 Å². The van der Waals surface area contributed by atoms with Gasteiger partial charge in [-0.05, 0) is 42.9 Å². The van der Waals surface area contributed by atoms with Crippen LogP contribution in [0.15, 0.2) is 36.9 Å². The van der Waals surface area contributed by atoms with Gasteiger partial charge in [0.05, 0.1) is 12.2 Å². The Morgan fingerprint density at radius 1 is 1.38 bits per heavy atom. The number of hydrogen-bond acceptors (Lipinski definition) is 6. The Kier molecular flexibility index (Phi) is 4.75. The van der Waals surface area contributed by atoms with Crippen molar-refractivity contribution in [2.45, 2.75) is 32.2 Å². The van der Waals surface area contributed by atoms with Crippen molar-refractivity contribution in [3.8, 4) is 0 Å². The first-order chi connectivity index (χ1) is 12.7. The second-order valence-corrected chi connectivity index (χ2v) is 7.31. The lowest BCUT2D eigenvalue weighted by molar-refractivity contribution is 0.0707. The summed E-state index contributed by atoms with van der Waals surface area (Å²) in [7, 11) is 0. The summed E-state index contributed by atoms with van der Waals surface area (Å²) in [5, 5.41) is 3.96. The Balaban J connectivity index is 1.51. The van der Waals surface area contributed by atoms with E-state index in [1.54, 1.807) is 6.20 Å². The summed E-state index contributed by atoms with van der Waals surface area (Å²) in [5.41, 5.74) is 1.85. The second-order valence-electron chi connectivity index (χ2n) is 6.55. The van der Waals surface area contributed by atoms with E-state index in [2.05, 4.69) is 30.2 Å². The summed E-state index contributed by atoms with van der Waals surface area (Å²) in [4.78, 5) is 24.1. The molecule has 3 aromatic heterocycles. The maximum atomic E-state index is 12.8. The molecule has 26 heavy (non-hydrogen) atoms. The van der Waals surface area contributed by atoms with Gasteiger partial charge < -0.3 is 9.47 Å². The van der Waals surface area contributed by atoms with E-state index in [0.29, 0.717) is 17.1 Å². The van der Waals surface area contributed by atoms with Crippen LogP contribution in [0.2, 0.25) is 0 Å². The lowest BCUT2D eigenvalue weighted by atomic mass is 9.96. The number of piperidine rings is 1. The molecule has 0 spiro atoms. The van der Waals surface area contributed by atoms with Gasteiger partial charge in [0, 0.05) is 43.8 Å². The molecule has 8 heteroatoms. The first-order valence-corrected chi connectivity index (χ1v) is 9.48. The third-order valence-electron chi connectivity index (χ3n) is 4.74. The molecule has 1 aliphatic heterocycles. The molecule has 1 amide bonds. The fourth-order valence-electron chi connectivity index (χ4n) is 3.45. The van der Waals surface area contributed by atoms with E-state index in [1.807, 2.05) is 36.5 Å². The van der Waals surface area contributed by atoms with Gasteiger partial charge in [-0.2, -0.15) is 0 Å². The molecule has 0 unspecified atom stereocenters. The van der Waals surface area contributed by atoms with Crippen molar-refractivity contribution in [2.75, 3.05) is 13.1 Å². The molecule has 134 valence electrons. The highest BCUT2D eigenvalue weighted by Gasteiger charge is 2.29. The molecule has 0 N–H and O–H groups in total. The molecule has 3 aromatic rings. The topological polar surface area (TPSA) is 76.8 Å². The zero-order valence-electron chi connectivity index (χ0n) is 14.6. The van der Waals surface area contributed by atoms with Crippen molar-refractivity contribution >= 4 is 17.4 Å². The van der Waals surface area contributed by atoms with Crippen LogP contribution in [0.1, 0.15) is 45.5 Å². The number of imidazole rings is 1. The largest absolute Gasteiger partial charge is 0.337 e. The third-order valence-corrected chi connectivity index (χ3v) is 5.56. The lowest BCUT2D eigenvalue weighted by Gasteiger charge is -2.32. The molecular weight excluding hydrogens is 348 g/mol. The van der Waals surface area contributed by atoms with Crippen LogP contribution in [-0.4, -0.2) is 48.0 Å². The number of pyridine rings is 1. The van der Waals surface area contributed by atoms with Crippen LogP contribution < -0.4 is 0 Å². The molecule has 4 rings (SSSR count). The summed E-state index contributed by atoms with van der Waals surface area (Å²) in [6, 6.07) is 4.01. The van der Waals surface area contributed by atoms with E-state index in [1.165, 1.54) is 11.5 Å². The summed E-state index contributed by atoms with van der Waals surface area (Å²) < 4.78 is 6.05. The fraction of sp³-hybridized carbons (Fsp3) is 0.389. The first-order valence-electron chi connectivity index (χ1n) is 8.70. The Hall–Kier alpha value is -2.61. The number of amides is 1. The van der Waals surface area contributed by atoms with Gasteiger partial charge >= 0.3 is 0 Å². The Morgan fingerprint density at radius 2 is 2.31 bits per heavy atom. The Bertz CT molecular complexity index is 890. The van der Waals surface area contributed by atoms with Crippen LogP contribution in [0.3, 0.4) is 0 Å². The number of carbonyl (C=O) groups excluding carboxylic acids is 1. The minimum absolute atomic E-state index is 0.0348. The zero-order chi connectivity index (χ0) is 17.9. The van der Waals surface area contributed by atoms with Crippen molar-refractivity contribution in [1.82, 2.24) is 29.0 Å². The number of nitrogens with zero attached hydrogens (tertiary/aromatic N) is 6. The van der Waals surface area contributed by atoms with Crippen molar-refractivity contribution in [3.05, 3.63) is 58.9 Å². The van der Waals surface area contributed by atoms with E-state index < -0.39 is 0 Å². The predicted molar refractivity (Wildman–Crippen MR) is 98.1 cm³/mol. The minimum atomic E-state index is 0.0348. The molecule has 0 aliphatic carbocycles. The van der Waals surface area contributed by atoms with E-state index in [0.717, 1.165) is 37.3 Å². The number of rotatable bonds is 4. The Labute approximate surface area is 155 Å². The molecule has 0 saturated carbocycles. The average Bonchev–Trinajstić information content (AvgIpc) is 3.31. The van der Waals surface area contributed by atoms with Crippen molar-refractivity contribution in [1.29, 1.82) is 0 Å². The van der Waals surface area contributed by atoms with Crippen molar-refractivity contribution < 1.29 is 4.79 Å². The summed E-state index contributed by atoms with van der Waals surface area (Å²) >= 11 is 1.17. The van der Waals surface area contributed by atoms with Crippen LogP contribution >= 0.6 is 11.5 Å². The molecule has 1 atom stereocenters. The lowest BCUT2D eigenvalue weighted by Crippen LogP contribution is -2.39. The van der Waals surface area contributed by atoms with Gasteiger partial charge in [0.2, 0.25) is 0 Å². The smallest absolute Gasteiger partial charge is 0.267 e. The van der Waals surface area contributed by atoms with Crippen LogP contribution in [-0.2, 0) is 6.54 Å². The fourth-order valence-corrected chi connectivity index (χ4v) is 4.07. The van der Waals surface area contributed by atoms with Gasteiger partial charge in [-0.25, -0.2) is 4.98 Å². The number of aryl methyl sites for hydroxylation is 1. The third kappa shape index (κ3) is 3.37. The molecular formula is C18H20N6OS. The van der Waals surface area contributed by atoms with Gasteiger partial charge in [0.25, 0.3) is 5.91 Å². The molecule has 1 aliphatic rings. The van der Waals surface area contributed by atoms with Crippen LogP contribution in [0.4, 0.5) is 0 Å². The average molecular weight is 368 g/mol. The minimum Gasteiger partial charge on any atom is -0.337 e. The maximum absolute atomic E-state index is 12.8. The quantitative estimate of drug-likeness (QED) is 0.707. The first kappa shape index (κ1) is 16.8. The number of hydrogen-bond donors (Lipinski definition) is 0. The highest BCUT2D eigenvalue weighted by Crippen LogP contribution is 2.28. The molecule has 1 fully saturated rings. The monoisotopic (exact) mass is 368 g/mol. The van der Waals surface area contributed by atoms with Crippen LogP contribution in [0, 0.1) is 6.92 Å². The van der Waals surface area contributed by atoms with Crippen molar-refractivity contribution in [3.63, 3.8) is 0 Å². The molecule has 0 radical (unpaired) electrons.